The molecule has 3 rings (SSSR count). The van der Waals surface area contributed by atoms with Crippen LogP contribution in [0.3, 0.4) is 0 Å². The van der Waals surface area contributed by atoms with Crippen LogP contribution in [-0.2, 0) is 11.2 Å². The highest BCUT2D eigenvalue weighted by Crippen LogP contribution is 2.18. The number of hydrogen-bond donors (Lipinski definition) is 0. The summed E-state index contributed by atoms with van der Waals surface area (Å²) in [5.41, 5.74) is 0.931. The zero-order chi connectivity index (χ0) is 16.4. The van der Waals surface area contributed by atoms with Crippen LogP contribution in [0.2, 0.25) is 0 Å². The summed E-state index contributed by atoms with van der Waals surface area (Å²) in [5, 5.41) is 12.7. The highest BCUT2D eigenvalue weighted by atomic mass is 16.5. The molecule has 0 N–H and O–H groups in total. The molecular weight excluding hydrogens is 296 g/mol. The molecular formula is C17H14N2O4. The van der Waals surface area contributed by atoms with Gasteiger partial charge in [0.2, 0.25) is 0 Å². The van der Waals surface area contributed by atoms with E-state index in [4.69, 9.17) is 0 Å². The third kappa shape index (κ3) is 2.55. The van der Waals surface area contributed by atoms with Gasteiger partial charge >= 0.3 is 11.7 Å². The number of nitrogens with zero attached hydrogens (tertiary/aromatic N) is 2. The molecule has 0 fully saturated rings. The Labute approximate surface area is 131 Å². The number of fused-ring (bicyclic) bond motifs is 1. The van der Waals surface area contributed by atoms with E-state index in [1.807, 2.05) is 30.3 Å². The number of esters is 1. The standard InChI is InChI=1S/C17H14N2O4/c1-23-17(20)16-15(11-12-7-3-2-4-8-12)18(21)13-9-5-6-10-14(13)19(16)22/h2-10H,11H2,1H3. The van der Waals surface area contributed by atoms with Crippen molar-refractivity contribution >= 4 is 17.0 Å². The summed E-state index contributed by atoms with van der Waals surface area (Å²) in [6, 6.07) is 15.5. The molecule has 1 heterocycles. The lowest BCUT2D eigenvalue weighted by Gasteiger charge is -2.18. The van der Waals surface area contributed by atoms with Crippen molar-refractivity contribution in [3.63, 3.8) is 0 Å². The second kappa shape index (κ2) is 5.92. The SMILES string of the molecule is COC(=O)c1c(Cc2ccccc2)n([O-])c2ccccc2[n+]1=O. The number of aromatic nitrogens is 2. The molecule has 0 aliphatic heterocycles. The Kier molecular flexibility index (Phi) is 3.80. The summed E-state index contributed by atoms with van der Waals surface area (Å²) in [4.78, 5) is 24.6. The Morgan fingerprint density at radius 1 is 1.13 bits per heavy atom. The number of para-hydroxylation sites is 2. The van der Waals surface area contributed by atoms with Crippen molar-refractivity contribution in [3.8, 4) is 0 Å². The maximum atomic E-state index is 12.7. The van der Waals surface area contributed by atoms with Gasteiger partial charge in [0.15, 0.2) is 0 Å². The average molecular weight is 310 g/mol. The molecule has 0 saturated carbocycles. The monoisotopic (exact) mass is 310 g/mol. The molecule has 0 unspecified atom stereocenters. The van der Waals surface area contributed by atoms with E-state index >= 15 is 0 Å². The number of carbonyl (C=O) groups is 1. The van der Waals surface area contributed by atoms with Gasteiger partial charge in [-0.05, 0) is 11.6 Å². The normalized spacial score (nSPS) is 10.7. The molecule has 3 aromatic rings. The largest absolute Gasteiger partial charge is 0.805 e. The van der Waals surface area contributed by atoms with E-state index in [1.54, 1.807) is 18.2 Å². The molecule has 0 atom stereocenters. The Morgan fingerprint density at radius 2 is 1.78 bits per heavy atom. The van der Waals surface area contributed by atoms with Crippen LogP contribution in [0.25, 0.3) is 11.0 Å². The van der Waals surface area contributed by atoms with Gasteiger partial charge in [0, 0.05) is 17.4 Å². The van der Waals surface area contributed by atoms with E-state index < -0.39 is 5.97 Å². The quantitative estimate of drug-likeness (QED) is 0.549. The van der Waals surface area contributed by atoms with Crippen LogP contribution in [0.1, 0.15) is 21.7 Å². The zero-order valence-corrected chi connectivity index (χ0v) is 12.4. The molecule has 0 aliphatic carbocycles. The molecule has 0 aliphatic rings. The second-order valence-electron chi connectivity index (χ2n) is 5.03. The molecule has 0 spiro atoms. The molecule has 23 heavy (non-hydrogen) atoms. The highest BCUT2D eigenvalue weighted by Gasteiger charge is 2.29. The Hall–Kier alpha value is -3.15. The maximum absolute atomic E-state index is 12.7. The molecule has 2 aromatic carbocycles. The van der Waals surface area contributed by atoms with Gasteiger partial charge in [-0.25, -0.2) is 4.79 Å². The minimum atomic E-state index is -0.832. The van der Waals surface area contributed by atoms with Crippen molar-refractivity contribution in [3.05, 3.63) is 81.7 Å². The van der Waals surface area contributed by atoms with E-state index in [-0.39, 0.29) is 28.8 Å². The predicted molar refractivity (Wildman–Crippen MR) is 84.7 cm³/mol. The molecule has 1 aromatic heterocycles. The first-order valence-electron chi connectivity index (χ1n) is 7.02. The third-order valence-corrected chi connectivity index (χ3v) is 3.63. The fourth-order valence-corrected chi connectivity index (χ4v) is 2.53. The minimum absolute atomic E-state index is 0.0664. The van der Waals surface area contributed by atoms with Crippen molar-refractivity contribution in [2.75, 3.05) is 7.11 Å². The number of methoxy groups -OCH3 is 1. The van der Waals surface area contributed by atoms with E-state index in [1.165, 1.54) is 13.2 Å². The van der Waals surface area contributed by atoms with Gasteiger partial charge in [0.1, 0.15) is 11.2 Å². The van der Waals surface area contributed by atoms with Crippen LogP contribution >= 0.6 is 0 Å². The summed E-state index contributed by atoms with van der Waals surface area (Å²) in [6.45, 7) is 0. The summed E-state index contributed by atoms with van der Waals surface area (Å²) in [7, 11) is 1.18. The van der Waals surface area contributed by atoms with Gasteiger partial charge in [0.25, 0.3) is 5.52 Å². The summed E-state index contributed by atoms with van der Waals surface area (Å²) in [6.07, 6.45) is 0.155. The summed E-state index contributed by atoms with van der Waals surface area (Å²) < 4.78 is 5.78. The van der Waals surface area contributed by atoms with Gasteiger partial charge in [0.05, 0.1) is 11.5 Å². The van der Waals surface area contributed by atoms with Crippen LogP contribution in [0.15, 0.2) is 54.6 Å². The van der Waals surface area contributed by atoms with E-state index in [9.17, 15) is 14.9 Å². The zero-order valence-electron chi connectivity index (χ0n) is 12.4. The molecule has 0 saturated heterocycles. The second-order valence-corrected chi connectivity index (χ2v) is 5.03. The number of ether oxygens (including phenoxy) is 1. The first kappa shape index (κ1) is 14.8. The van der Waals surface area contributed by atoms with Crippen molar-refractivity contribution in [1.82, 2.24) is 4.73 Å². The van der Waals surface area contributed by atoms with Crippen molar-refractivity contribution in [2.24, 2.45) is 0 Å². The van der Waals surface area contributed by atoms with Gasteiger partial charge in [-0.1, -0.05) is 42.5 Å². The Balaban J connectivity index is 2.32. The van der Waals surface area contributed by atoms with Crippen LogP contribution < -0.4 is 4.43 Å². The molecule has 116 valence electrons. The van der Waals surface area contributed by atoms with E-state index in [0.717, 1.165) is 5.56 Å². The average Bonchev–Trinajstić information content (AvgIpc) is 2.60. The first-order chi connectivity index (χ1) is 11.1. The molecule has 6 heteroatoms. The van der Waals surface area contributed by atoms with E-state index in [0.29, 0.717) is 9.16 Å². The van der Waals surface area contributed by atoms with Crippen molar-refractivity contribution in [2.45, 2.75) is 6.42 Å². The topological polar surface area (TPSA) is 77.3 Å². The first-order valence-corrected chi connectivity index (χ1v) is 7.02. The number of benzene rings is 2. The fourth-order valence-electron chi connectivity index (χ4n) is 2.53. The van der Waals surface area contributed by atoms with Gasteiger partial charge < -0.3 is 14.7 Å². The summed E-state index contributed by atoms with van der Waals surface area (Å²) in [5.74, 6) is -0.832. The van der Waals surface area contributed by atoms with Crippen molar-refractivity contribution < 1.29 is 14.0 Å². The minimum Gasteiger partial charge on any atom is -0.805 e. The lowest BCUT2D eigenvalue weighted by molar-refractivity contribution is -0.469. The van der Waals surface area contributed by atoms with Gasteiger partial charge in [-0.15, -0.1) is 0 Å². The van der Waals surface area contributed by atoms with Crippen LogP contribution in [0.4, 0.5) is 0 Å². The Bertz CT molecular complexity index is 932. The fraction of sp³-hybridized carbons (Fsp3) is 0.118. The summed E-state index contributed by atoms with van der Waals surface area (Å²) >= 11 is 0. The van der Waals surface area contributed by atoms with E-state index in [2.05, 4.69) is 4.74 Å². The third-order valence-electron chi connectivity index (χ3n) is 3.63. The highest BCUT2D eigenvalue weighted by molar-refractivity contribution is 5.88. The maximum Gasteiger partial charge on any atom is 0.410 e. The molecule has 0 radical (unpaired) electrons. The number of rotatable bonds is 3. The van der Waals surface area contributed by atoms with Crippen LogP contribution in [-0.4, -0.2) is 17.8 Å². The van der Waals surface area contributed by atoms with Gasteiger partial charge in [-0.2, -0.15) is 0 Å². The smallest absolute Gasteiger partial charge is 0.410 e. The van der Waals surface area contributed by atoms with Crippen molar-refractivity contribution in [1.29, 1.82) is 0 Å². The lowest BCUT2D eigenvalue weighted by Crippen LogP contribution is -2.32. The molecule has 0 amide bonds. The molecule has 6 nitrogen and oxygen atoms in total. The Morgan fingerprint density at radius 3 is 2.48 bits per heavy atom. The molecule has 0 bridgehead atoms. The van der Waals surface area contributed by atoms with Crippen LogP contribution in [0, 0.1) is 10.1 Å². The predicted octanol–water partition coefficient (Wildman–Crippen LogP) is 2.28. The number of carbonyl (C=O) groups excluding carboxylic acids is 1. The van der Waals surface area contributed by atoms with Crippen LogP contribution in [0.5, 0.6) is 0 Å². The number of hydrogen-bond acceptors (Lipinski definition) is 4. The lowest BCUT2D eigenvalue weighted by atomic mass is 10.1. The van der Waals surface area contributed by atoms with Gasteiger partial charge in [-0.3, -0.25) is 0 Å².